The first-order chi connectivity index (χ1) is 7.36. The van der Waals surface area contributed by atoms with Crippen LogP contribution in [0.15, 0.2) is 12.4 Å². The topological polar surface area (TPSA) is 41.1 Å². The number of anilines is 1. The summed E-state index contributed by atoms with van der Waals surface area (Å²) in [4.78, 5) is 10.9. The predicted octanol–water partition coefficient (Wildman–Crippen LogP) is 1.29. The van der Waals surface area contributed by atoms with E-state index in [1.54, 1.807) is 12.4 Å². The van der Waals surface area contributed by atoms with Crippen molar-refractivity contribution in [1.82, 2.24) is 14.9 Å². The third-order valence-electron chi connectivity index (χ3n) is 2.80. The standard InChI is InChI=1S/C11H18N4/c1-10-11(13-5-4-12-10)14-6-9-15-7-2-3-8-15/h4-5H,2-3,6-9H2,1H3,(H,13,14). The molecule has 0 amide bonds. The summed E-state index contributed by atoms with van der Waals surface area (Å²) in [5.41, 5.74) is 0.971. The molecule has 0 atom stereocenters. The predicted molar refractivity (Wildman–Crippen MR) is 60.9 cm³/mol. The van der Waals surface area contributed by atoms with E-state index in [1.165, 1.54) is 25.9 Å². The molecule has 0 spiro atoms. The van der Waals surface area contributed by atoms with Crippen LogP contribution in [0.1, 0.15) is 18.5 Å². The molecule has 0 bridgehead atoms. The molecule has 82 valence electrons. The van der Waals surface area contributed by atoms with Gasteiger partial charge in [-0.2, -0.15) is 0 Å². The van der Waals surface area contributed by atoms with Crippen molar-refractivity contribution in [2.45, 2.75) is 19.8 Å². The van der Waals surface area contributed by atoms with Gasteiger partial charge in [0.1, 0.15) is 5.82 Å². The number of rotatable bonds is 4. The highest BCUT2D eigenvalue weighted by molar-refractivity contribution is 5.38. The van der Waals surface area contributed by atoms with Crippen molar-refractivity contribution >= 4 is 5.82 Å². The van der Waals surface area contributed by atoms with Crippen LogP contribution in [0.5, 0.6) is 0 Å². The van der Waals surface area contributed by atoms with E-state index in [-0.39, 0.29) is 0 Å². The number of hydrogen-bond donors (Lipinski definition) is 1. The van der Waals surface area contributed by atoms with Gasteiger partial charge in [-0.05, 0) is 32.9 Å². The summed E-state index contributed by atoms with van der Waals surface area (Å²) in [5.74, 6) is 0.914. The molecule has 2 heterocycles. The Morgan fingerprint density at radius 1 is 1.27 bits per heavy atom. The van der Waals surface area contributed by atoms with Crippen LogP contribution in [-0.2, 0) is 0 Å². The van der Waals surface area contributed by atoms with Crippen LogP contribution in [0.4, 0.5) is 5.82 Å². The summed E-state index contributed by atoms with van der Waals surface area (Å²) >= 11 is 0. The first-order valence-corrected chi connectivity index (χ1v) is 5.60. The molecule has 1 aromatic heterocycles. The zero-order valence-corrected chi connectivity index (χ0v) is 9.24. The Hall–Kier alpha value is -1.16. The third kappa shape index (κ3) is 2.89. The molecule has 1 fully saturated rings. The lowest BCUT2D eigenvalue weighted by Gasteiger charge is -2.15. The van der Waals surface area contributed by atoms with E-state index in [0.29, 0.717) is 0 Å². The molecule has 1 aliphatic rings. The van der Waals surface area contributed by atoms with Crippen LogP contribution in [0.25, 0.3) is 0 Å². The summed E-state index contributed by atoms with van der Waals surface area (Å²) in [5, 5.41) is 3.32. The quantitative estimate of drug-likeness (QED) is 0.806. The fourth-order valence-electron chi connectivity index (χ4n) is 1.92. The third-order valence-corrected chi connectivity index (χ3v) is 2.80. The average molecular weight is 206 g/mol. The highest BCUT2D eigenvalue weighted by Crippen LogP contribution is 2.08. The zero-order valence-electron chi connectivity index (χ0n) is 9.24. The SMILES string of the molecule is Cc1nccnc1NCCN1CCCC1. The molecule has 0 aliphatic carbocycles. The molecule has 1 aliphatic heterocycles. The summed E-state index contributed by atoms with van der Waals surface area (Å²) in [7, 11) is 0. The maximum Gasteiger partial charge on any atom is 0.147 e. The second kappa shape index (κ2) is 5.07. The van der Waals surface area contributed by atoms with Crippen LogP contribution in [0, 0.1) is 6.92 Å². The van der Waals surface area contributed by atoms with Gasteiger partial charge in [-0.3, -0.25) is 4.98 Å². The van der Waals surface area contributed by atoms with E-state index in [4.69, 9.17) is 0 Å². The molecule has 0 radical (unpaired) electrons. The van der Waals surface area contributed by atoms with E-state index in [1.807, 2.05) is 6.92 Å². The lowest BCUT2D eigenvalue weighted by molar-refractivity contribution is 0.352. The van der Waals surface area contributed by atoms with E-state index < -0.39 is 0 Å². The van der Waals surface area contributed by atoms with Crippen molar-refractivity contribution < 1.29 is 0 Å². The minimum Gasteiger partial charge on any atom is -0.367 e. The molecule has 4 nitrogen and oxygen atoms in total. The molecule has 1 aromatic rings. The van der Waals surface area contributed by atoms with Crippen molar-refractivity contribution in [3.63, 3.8) is 0 Å². The fraction of sp³-hybridized carbons (Fsp3) is 0.636. The van der Waals surface area contributed by atoms with Gasteiger partial charge in [-0.25, -0.2) is 4.98 Å². The molecular weight excluding hydrogens is 188 g/mol. The maximum atomic E-state index is 4.25. The van der Waals surface area contributed by atoms with Crippen LogP contribution in [0.3, 0.4) is 0 Å². The normalized spacial score (nSPS) is 16.9. The summed E-state index contributed by atoms with van der Waals surface area (Å²) in [6, 6.07) is 0. The van der Waals surface area contributed by atoms with Gasteiger partial charge in [0.25, 0.3) is 0 Å². The van der Waals surface area contributed by atoms with E-state index in [0.717, 1.165) is 24.6 Å². The second-order valence-corrected chi connectivity index (χ2v) is 3.97. The minimum atomic E-state index is 0.914. The van der Waals surface area contributed by atoms with Crippen molar-refractivity contribution in [3.8, 4) is 0 Å². The number of nitrogens with one attached hydrogen (secondary N) is 1. The second-order valence-electron chi connectivity index (χ2n) is 3.97. The zero-order chi connectivity index (χ0) is 10.5. The van der Waals surface area contributed by atoms with Crippen molar-refractivity contribution in [2.75, 3.05) is 31.5 Å². The number of hydrogen-bond acceptors (Lipinski definition) is 4. The van der Waals surface area contributed by atoms with Crippen LogP contribution in [-0.4, -0.2) is 41.0 Å². The van der Waals surface area contributed by atoms with Gasteiger partial charge in [0.15, 0.2) is 0 Å². The molecule has 4 heteroatoms. The van der Waals surface area contributed by atoms with Crippen LogP contribution >= 0.6 is 0 Å². The Balaban J connectivity index is 1.75. The molecule has 1 saturated heterocycles. The molecule has 0 unspecified atom stereocenters. The number of nitrogens with zero attached hydrogens (tertiary/aromatic N) is 3. The molecule has 2 rings (SSSR count). The largest absolute Gasteiger partial charge is 0.367 e. The first kappa shape index (κ1) is 10.4. The van der Waals surface area contributed by atoms with Gasteiger partial charge >= 0.3 is 0 Å². The lowest BCUT2D eigenvalue weighted by atomic mass is 10.4. The lowest BCUT2D eigenvalue weighted by Crippen LogP contribution is -2.26. The molecule has 0 aromatic carbocycles. The highest BCUT2D eigenvalue weighted by Gasteiger charge is 2.10. The summed E-state index contributed by atoms with van der Waals surface area (Å²) < 4.78 is 0. The van der Waals surface area contributed by atoms with Gasteiger partial charge in [0.2, 0.25) is 0 Å². The maximum absolute atomic E-state index is 4.25. The van der Waals surface area contributed by atoms with Gasteiger partial charge in [-0.15, -0.1) is 0 Å². The Bertz CT molecular complexity index is 307. The van der Waals surface area contributed by atoms with Crippen molar-refractivity contribution in [3.05, 3.63) is 18.1 Å². The van der Waals surface area contributed by atoms with Crippen molar-refractivity contribution in [1.29, 1.82) is 0 Å². The summed E-state index contributed by atoms with van der Waals surface area (Å²) in [6.07, 6.45) is 6.15. The number of aromatic nitrogens is 2. The Labute approximate surface area is 90.7 Å². The van der Waals surface area contributed by atoms with E-state index >= 15 is 0 Å². The van der Waals surface area contributed by atoms with Crippen LogP contribution in [0.2, 0.25) is 0 Å². The van der Waals surface area contributed by atoms with Gasteiger partial charge in [0, 0.05) is 25.5 Å². The van der Waals surface area contributed by atoms with Crippen molar-refractivity contribution in [2.24, 2.45) is 0 Å². The first-order valence-electron chi connectivity index (χ1n) is 5.60. The smallest absolute Gasteiger partial charge is 0.147 e. The van der Waals surface area contributed by atoms with E-state index in [2.05, 4.69) is 20.2 Å². The Morgan fingerprint density at radius 3 is 2.73 bits per heavy atom. The van der Waals surface area contributed by atoms with E-state index in [9.17, 15) is 0 Å². The fourth-order valence-corrected chi connectivity index (χ4v) is 1.92. The van der Waals surface area contributed by atoms with Gasteiger partial charge in [0.05, 0.1) is 5.69 Å². The monoisotopic (exact) mass is 206 g/mol. The Morgan fingerprint density at radius 2 is 2.00 bits per heavy atom. The van der Waals surface area contributed by atoms with Crippen LogP contribution < -0.4 is 5.32 Å². The molecule has 15 heavy (non-hydrogen) atoms. The molecule has 0 saturated carbocycles. The molecular formula is C11H18N4. The molecule has 1 N–H and O–H groups in total. The highest BCUT2D eigenvalue weighted by atomic mass is 15.2. The average Bonchev–Trinajstić information content (AvgIpc) is 2.74. The Kier molecular flexibility index (Phi) is 3.50. The van der Waals surface area contributed by atoms with Gasteiger partial charge < -0.3 is 10.2 Å². The number of likely N-dealkylation sites (tertiary alicyclic amines) is 1. The van der Waals surface area contributed by atoms with Gasteiger partial charge in [-0.1, -0.05) is 0 Å². The minimum absolute atomic E-state index is 0.914. The summed E-state index contributed by atoms with van der Waals surface area (Å²) in [6.45, 7) is 6.54. The number of aryl methyl sites for hydroxylation is 1.